The number of nitrogens with one attached hydrogen (secondary N) is 1. The molecule has 3 rings (SSSR count). The number of carbonyl (C=O) groups excluding carboxylic acids is 2. The number of hydrogen-bond acceptors (Lipinski definition) is 8. The van der Waals surface area contributed by atoms with E-state index >= 15 is 0 Å². The molecular weight excluding hydrogens is 602 g/mol. The number of anilines is 1. The molecule has 42 heavy (non-hydrogen) atoms. The van der Waals surface area contributed by atoms with E-state index in [1.165, 1.54) is 18.6 Å². The highest BCUT2D eigenvalue weighted by Crippen LogP contribution is 2.46. The van der Waals surface area contributed by atoms with Crippen molar-refractivity contribution in [2.24, 2.45) is 5.92 Å². The zero-order valence-electron chi connectivity index (χ0n) is 27.2. The summed E-state index contributed by atoms with van der Waals surface area (Å²) in [6.45, 7) is 26.0. The lowest BCUT2D eigenvalue weighted by atomic mass is 10.1. The van der Waals surface area contributed by atoms with Crippen LogP contribution < -0.4 is 5.32 Å². The average molecular weight is 652 g/mol. The fourth-order valence-electron chi connectivity index (χ4n) is 6.24. The maximum atomic E-state index is 13.5. The number of rotatable bonds is 13. The Kier molecular flexibility index (Phi) is 11.4. The van der Waals surface area contributed by atoms with Gasteiger partial charge in [-0.05, 0) is 53.7 Å². The molecule has 0 saturated heterocycles. The van der Waals surface area contributed by atoms with Crippen LogP contribution in [0.5, 0.6) is 0 Å². The van der Waals surface area contributed by atoms with Gasteiger partial charge in [-0.15, -0.1) is 11.3 Å². The minimum atomic E-state index is -2.14. The van der Waals surface area contributed by atoms with Crippen LogP contribution in [0, 0.1) is 5.92 Å². The highest BCUT2D eigenvalue weighted by molar-refractivity contribution is 7.18. The number of halogens is 1. The fourth-order valence-corrected chi connectivity index (χ4v) is 14.1. The minimum absolute atomic E-state index is 0.0541. The summed E-state index contributed by atoms with van der Waals surface area (Å²) in [6, 6.07) is 1.58. The Morgan fingerprint density at radius 3 is 2.29 bits per heavy atom. The van der Waals surface area contributed by atoms with Crippen LogP contribution in [0.2, 0.25) is 39.1 Å². The molecule has 0 unspecified atom stereocenters. The first-order valence-corrected chi connectivity index (χ1v) is 21.4. The SMILES string of the molecule is CC(C)[Si](O[C@H]1C[C@H](Nc2ncncc2C(=O)c2cc(C=O)c(Cl)s2)C[C@@H]1CO[Si](C)(C)C(C)(C)C)(C(C)C)C(C)C. The monoisotopic (exact) mass is 651 g/mol. The summed E-state index contributed by atoms with van der Waals surface area (Å²) < 4.78 is 14.5. The predicted molar refractivity (Wildman–Crippen MR) is 179 cm³/mol. The Balaban J connectivity index is 1.91. The molecule has 11 heteroatoms. The zero-order valence-corrected chi connectivity index (χ0v) is 30.8. The van der Waals surface area contributed by atoms with Crippen molar-refractivity contribution in [2.45, 2.75) is 122 Å². The molecule has 2 aromatic rings. The van der Waals surface area contributed by atoms with Crippen LogP contribution in [0.4, 0.5) is 5.82 Å². The van der Waals surface area contributed by atoms with E-state index < -0.39 is 16.6 Å². The molecule has 234 valence electrons. The Morgan fingerprint density at radius 1 is 1.14 bits per heavy atom. The largest absolute Gasteiger partial charge is 0.416 e. The number of ketones is 1. The maximum Gasteiger partial charge on any atom is 0.208 e. The molecule has 1 aliphatic rings. The Labute approximate surface area is 263 Å². The molecule has 0 aliphatic heterocycles. The Bertz CT molecular complexity index is 1220. The van der Waals surface area contributed by atoms with Crippen molar-refractivity contribution in [3.05, 3.63) is 38.9 Å². The van der Waals surface area contributed by atoms with E-state index in [-0.39, 0.29) is 28.9 Å². The van der Waals surface area contributed by atoms with E-state index in [1.807, 2.05) is 0 Å². The summed E-state index contributed by atoms with van der Waals surface area (Å²) in [5, 5.41) is 3.70. The Hall–Kier alpha value is -1.44. The number of carbonyl (C=O) groups is 2. The lowest BCUT2D eigenvalue weighted by Crippen LogP contribution is -2.51. The van der Waals surface area contributed by atoms with Gasteiger partial charge in [0, 0.05) is 30.3 Å². The number of thiophene rings is 1. The molecule has 0 bridgehead atoms. The van der Waals surface area contributed by atoms with E-state index in [1.54, 1.807) is 0 Å². The van der Waals surface area contributed by atoms with Crippen LogP contribution in [0.3, 0.4) is 0 Å². The van der Waals surface area contributed by atoms with Gasteiger partial charge >= 0.3 is 0 Å². The molecular formula is C31H50ClN3O4SSi2. The van der Waals surface area contributed by atoms with E-state index in [0.29, 0.717) is 55.7 Å². The van der Waals surface area contributed by atoms with Gasteiger partial charge in [0.2, 0.25) is 14.1 Å². The van der Waals surface area contributed by atoms with Crippen molar-refractivity contribution >= 4 is 57.5 Å². The molecule has 0 radical (unpaired) electrons. The van der Waals surface area contributed by atoms with Gasteiger partial charge in [-0.25, -0.2) is 9.97 Å². The van der Waals surface area contributed by atoms with Crippen molar-refractivity contribution < 1.29 is 18.4 Å². The standard InChI is InChI=1S/C31H50ClN3O4SSi2/c1-19(2)42(20(3)4,21(5)6)39-26-14-24(12-23(26)17-38-41(10,11)31(7,8)9)35-30-25(15-33-18-34-30)28(37)27-13-22(16-36)29(32)40-27/h13,15-16,18-21,23-24,26H,12,14,17H2,1-11H3,(H,33,34,35)/t23-,24-,26+/m1/s1. The van der Waals surface area contributed by atoms with E-state index in [4.69, 9.17) is 20.5 Å². The smallest absolute Gasteiger partial charge is 0.208 e. The minimum Gasteiger partial charge on any atom is -0.416 e. The highest BCUT2D eigenvalue weighted by atomic mass is 35.5. The third-order valence-corrected chi connectivity index (χ3v) is 21.5. The summed E-state index contributed by atoms with van der Waals surface area (Å²) in [5.74, 6) is 0.460. The van der Waals surface area contributed by atoms with Gasteiger partial charge in [-0.1, -0.05) is 73.9 Å². The van der Waals surface area contributed by atoms with Gasteiger partial charge in [0.25, 0.3) is 0 Å². The number of nitrogens with zero attached hydrogens (tertiary/aromatic N) is 2. The summed E-state index contributed by atoms with van der Waals surface area (Å²) in [5.41, 5.74) is 2.11. The second-order valence-corrected chi connectivity index (χ2v) is 26.1. The second-order valence-electron chi connectivity index (χ2n) is 14.2. The van der Waals surface area contributed by atoms with Crippen LogP contribution >= 0.6 is 22.9 Å². The molecule has 1 aliphatic carbocycles. The molecule has 0 aromatic carbocycles. The highest BCUT2D eigenvalue weighted by Gasteiger charge is 2.50. The lowest BCUT2D eigenvalue weighted by molar-refractivity contribution is 0.0971. The molecule has 0 amide bonds. The summed E-state index contributed by atoms with van der Waals surface area (Å²) in [7, 11) is -4.09. The van der Waals surface area contributed by atoms with Crippen molar-refractivity contribution in [3.8, 4) is 0 Å². The fraction of sp³-hybridized carbons (Fsp3) is 0.677. The van der Waals surface area contributed by atoms with Crippen molar-refractivity contribution in [1.82, 2.24) is 9.97 Å². The topological polar surface area (TPSA) is 90.4 Å². The second kappa shape index (κ2) is 13.7. The first kappa shape index (κ1) is 35.0. The van der Waals surface area contributed by atoms with Gasteiger partial charge in [-0.3, -0.25) is 9.59 Å². The third-order valence-electron chi connectivity index (χ3n) is 9.52. The maximum absolute atomic E-state index is 13.5. The zero-order chi connectivity index (χ0) is 31.6. The Morgan fingerprint density at radius 2 is 1.76 bits per heavy atom. The predicted octanol–water partition coefficient (Wildman–Crippen LogP) is 9.01. The third kappa shape index (κ3) is 7.43. The van der Waals surface area contributed by atoms with Gasteiger partial charge < -0.3 is 14.2 Å². The summed E-state index contributed by atoms with van der Waals surface area (Å²) in [6.07, 6.45) is 5.36. The van der Waals surface area contributed by atoms with Gasteiger partial charge in [-0.2, -0.15) is 0 Å². The van der Waals surface area contributed by atoms with E-state index in [0.717, 1.165) is 24.2 Å². The van der Waals surface area contributed by atoms with Crippen LogP contribution in [0.15, 0.2) is 18.6 Å². The van der Waals surface area contributed by atoms with Gasteiger partial charge in [0.15, 0.2) is 14.6 Å². The molecule has 1 fully saturated rings. The van der Waals surface area contributed by atoms with Crippen molar-refractivity contribution in [3.63, 3.8) is 0 Å². The van der Waals surface area contributed by atoms with Crippen molar-refractivity contribution in [1.29, 1.82) is 0 Å². The molecule has 0 spiro atoms. The molecule has 2 heterocycles. The molecule has 3 atom stereocenters. The quantitative estimate of drug-likeness (QED) is 0.131. The van der Waals surface area contributed by atoms with Crippen molar-refractivity contribution in [2.75, 3.05) is 11.9 Å². The normalized spacial score (nSPS) is 20.1. The van der Waals surface area contributed by atoms with E-state index in [9.17, 15) is 9.59 Å². The first-order valence-electron chi connectivity index (χ1n) is 15.1. The van der Waals surface area contributed by atoms with Gasteiger partial charge in [0.1, 0.15) is 16.5 Å². The number of aromatic nitrogens is 2. The average Bonchev–Trinajstić information content (AvgIpc) is 3.46. The molecule has 7 nitrogen and oxygen atoms in total. The van der Waals surface area contributed by atoms with Crippen LogP contribution in [0.1, 0.15) is 101 Å². The lowest BCUT2D eigenvalue weighted by Gasteiger charge is -2.45. The first-order chi connectivity index (χ1) is 19.4. The molecule has 1 saturated carbocycles. The molecule has 2 aromatic heterocycles. The summed E-state index contributed by atoms with van der Waals surface area (Å²) in [4.78, 5) is 33.7. The van der Waals surface area contributed by atoms with E-state index in [2.05, 4.69) is 90.7 Å². The van der Waals surface area contributed by atoms with Crippen LogP contribution in [0.25, 0.3) is 0 Å². The number of aldehydes is 1. The van der Waals surface area contributed by atoms with Crippen LogP contribution in [-0.4, -0.2) is 57.4 Å². The van der Waals surface area contributed by atoms with Crippen LogP contribution in [-0.2, 0) is 8.85 Å². The number of hydrogen-bond donors (Lipinski definition) is 1. The van der Waals surface area contributed by atoms with Gasteiger partial charge in [0.05, 0.1) is 16.5 Å². The summed E-state index contributed by atoms with van der Waals surface area (Å²) >= 11 is 7.26. The molecule has 1 N–H and O–H groups in total.